The zero-order chi connectivity index (χ0) is 17.4. The fourth-order valence-corrected chi connectivity index (χ4v) is 4.03. The number of amides is 1. The van der Waals surface area contributed by atoms with E-state index in [1.54, 1.807) is 21.6 Å². The average molecular weight is 351 g/mol. The lowest BCUT2D eigenvalue weighted by Gasteiger charge is -2.18. The van der Waals surface area contributed by atoms with Gasteiger partial charge in [0.1, 0.15) is 0 Å². The number of carbonyl (C=O) groups is 1. The fourth-order valence-electron chi connectivity index (χ4n) is 1.61. The Hall–Kier alpha value is 0.130. The van der Waals surface area contributed by atoms with E-state index < -0.39 is 6.04 Å². The predicted molar refractivity (Wildman–Crippen MR) is 106 cm³/mol. The summed E-state index contributed by atoms with van der Waals surface area (Å²) in [5.74, 6) is 0.658. The minimum Gasteiger partial charge on any atom is -0.355 e. The maximum atomic E-state index is 11.8. The van der Waals surface area contributed by atoms with Crippen molar-refractivity contribution in [2.24, 2.45) is 5.73 Å². The van der Waals surface area contributed by atoms with E-state index in [2.05, 4.69) is 33.0 Å². The van der Waals surface area contributed by atoms with E-state index in [4.69, 9.17) is 5.73 Å². The quantitative estimate of drug-likeness (QED) is 0.407. The van der Waals surface area contributed by atoms with Crippen LogP contribution in [0.15, 0.2) is 0 Å². The smallest absolute Gasteiger partial charge is 0.237 e. The van der Waals surface area contributed by atoms with Crippen molar-refractivity contribution in [3.8, 4) is 0 Å². The van der Waals surface area contributed by atoms with Gasteiger partial charge >= 0.3 is 0 Å². The molecular formula is C17H38N2OS2. The van der Waals surface area contributed by atoms with Crippen LogP contribution in [-0.2, 0) is 4.79 Å². The van der Waals surface area contributed by atoms with Gasteiger partial charge in [0.05, 0.1) is 6.04 Å². The first-order chi connectivity index (χ1) is 10.4. The molecule has 0 saturated heterocycles. The highest BCUT2D eigenvalue weighted by Crippen LogP contribution is 2.34. The van der Waals surface area contributed by atoms with Crippen molar-refractivity contribution in [1.29, 1.82) is 0 Å². The monoisotopic (exact) mass is 350 g/mol. The third-order valence-electron chi connectivity index (χ3n) is 2.72. The van der Waals surface area contributed by atoms with Crippen LogP contribution in [-0.4, -0.2) is 29.0 Å². The Bertz CT molecular complexity index is 256. The van der Waals surface area contributed by atoms with Crippen molar-refractivity contribution >= 4 is 27.5 Å². The molecule has 5 heteroatoms. The third kappa shape index (κ3) is 18.2. The first-order valence-corrected chi connectivity index (χ1v) is 11.0. The Morgan fingerprint density at radius 2 is 1.64 bits per heavy atom. The normalized spacial score (nSPS) is 12.3. The number of rotatable bonds is 11. The fraction of sp³-hybridized carbons (Fsp3) is 0.941. The van der Waals surface area contributed by atoms with Crippen molar-refractivity contribution < 1.29 is 4.79 Å². The molecule has 1 unspecified atom stereocenters. The molecule has 0 bridgehead atoms. The van der Waals surface area contributed by atoms with Gasteiger partial charge in [-0.3, -0.25) is 4.79 Å². The van der Waals surface area contributed by atoms with Gasteiger partial charge in [-0.2, -0.15) is 0 Å². The first-order valence-electron chi connectivity index (χ1n) is 8.70. The highest BCUT2D eigenvalue weighted by Gasteiger charge is 2.16. The SMILES string of the molecule is CC.CCCCCCCCNC(=O)C(N)CSSC(C)(C)C. The van der Waals surface area contributed by atoms with E-state index in [9.17, 15) is 4.79 Å². The van der Waals surface area contributed by atoms with Crippen LogP contribution in [0.2, 0.25) is 0 Å². The molecule has 0 aliphatic carbocycles. The molecule has 3 nitrogen and oxygen atoms in total. The number of carbonyl (C=O) groups excluding carboxylic acids is 1. The number of nitrogens with two attached hydrogens (primary N) is 1. The molecule has 0 aromatic rings. The van der Waals surface area contributed by atoms with Crippen LogP contribution in [0.1, 0.15) is 80.1 Å². The highest BCUT2D eigenvalue weighted by molar-refractivity contribution is 8.77. The average Bonchev–Trinajstić information content (AvgIpc) is 2.46. The molecule has 0 fully saturated rings. The second kappa shape index (κ2) is 16.0. The molecule has 0 saturated carbocycles. The van der Waals surface area contributed by atoms with Gasteiger partial charge in [0.15, 0.2) is 0 Å². The van der Waals surface area contributed by atoms with Crippen molar-refractivity contribution in [2.45, 2.75) is 90.9 Å². The molecule has 0 rings (SSSR count). The number of unbranched alkanes of at least 4 members (excludes halogenated alkanes) is 5. The first kappa shape index (κ1) is 24.4. The molecule has 0 aliphatic heterocycles. The van der Waals surface area contributed by atoms with Crippen molar-refractivity contribution in [1.82, 2.24) is 5.32 Å². The molecule has 134 valence electrons. The Morgan fingerprint density at radius 3 is 2.18 bits per heavy atom. The second-order valence-electron chi connectivity index (χ2n) is 6.15. The van der Waals surface area contributed by atoms with Crippen molar-refractivity contribution in [2.75, 3.05) is 12.3 Å². The minimum atomic E-state index is -0.394. The Labute approximate surface area is 146 Å². The zero-order valence-electron chi connectivity index (χ0n) is 15.5. The van der Waals surface area contributed by atoms with E-state index in [1.165, 1.54) is 32.1 Å². The third-order valence-corrected chi connectivity index (χ3v) is 6.10. The van der Waals surface area contributed by atoms with Gasteiger partial charge in [0.25, 0.3) is 0 Å². The van der Waals surface area contributed by atoms with Crippen LogP contribution in [0.25, 0.3) is 0 Å². The molecule has 0 spiro atoms. The Kier molecular flexibility index (Phi) is 17.7. The van der Waals surface area contributed by atoms with Crippen LogP contribution in [0.3, 0.4) is 0 Å². The lowest BCUT2D eigenvalue weighted by Crippen LogP contribution is -2.42. The van der Waals surface area contributed by atoms with Crippen LogP contribution in [0.5, 0.6) is 0 Å². The molecule has 1 amide bonds. The summed E-state index contributed by atoms with van der Waals surface area (Å²) in [7, 11) is 3.46. The minimum absolute atomic E-state index is 0.0134. The predicted octanol–water partition coefficient (Wildman–Crippen LogP) is 5.00. The molecule has 0 aromatic heterocycles. The largest absolute Gasteiger partial charge is 0.355 e. The van der Waals surface area contributed by atoms with E-state index in [-0.39, 0.29) is 10.7 Å². The number of nitrogens with one attached hydrogen (secondary N) is 1. The van der Waals surface area contributed by atoms with Gasteiger partial charge in [-0.05, 0) is 6.42 Å². The lowest BCUT2D eigenvalue weighted by atomic mass is 10.1. The summed E-state index contributed by atoms with van der Waals surface area (Å²) in [4.78, 5) is 11.8. The molecule has 0 aromatic carbocycles. The topological polar surface area (TPSA) is 55.1 Å². The summed E-state index contributed by atoms with van der Waals surface area (Å²) in [6, 6.07) is -0.394. The van der Waals surface area contributed by atoms with Gasteiger partial charge in [0.2, 0.25) is 5.91 Å². The van der Waals surface area contributed by atoms with Crippen LogP contribution in [0, 0.1) is 0 Å². The maximum Gasteiger partial charge on any atom is 0.237 e. The van der Waals surface area contributed by atoms with Gasteiger partial charge in [-0.1, -0.05) is 95.2 Å². The van der Waals surface area contributed by atoms with Gasteiger partial charge in [-0.25, -0.2) is 0 Å². The number of hydrogen-bond donors (Lipinski definition) is 2. The Balaban J connectivity index is 0. The summed E-state index contributed by atoms with van der Waals surface area (Å²) < 4.78 is 0.208. The molecule has 0 heterocycles. The second-order valence-corrected chi connectivity index (χ2v) is 9.31. The standard InChI is InChI=1S/C15H32N2OS2.C2H6/c1-5-6-7-8-9-10-11-17-14(18)13(16)12-19-20-15(2,3)4;1-2/h13H,5-12,16H2,1-4H3,(H,17,18);1-2H3. The van der Waals surface area contributed by atoms with Crippen molar-refractivity contribution in [3.63, 3.8) is 0 Å². The van der Waals surface area contributed by atoms with Gasteiger partial charge in [-0.15, -0.1) is 0 Å². The van der Waals surface area contributed by atoms with E-state index in [0.29, 0.717) is 5.75 Å². The lowest BCUT2D eigenvalue weighted by molar-refractivity contribution is -0.121. The summed E-state index contributed by atoms with van der Waals surface area (Å²) in [5.41, 5.74) is 5.88. The van der Waals surface area contributed by atoms with Crippen LogP contribution < -0.4 is 11.1 Å². The molecule has 3 N–H and O–H groups in total. The summed E-state index contributed by atoms with van der Waals surface area (Å²) in [5, 5.41) is 2.93. The van der Waals surface area contributed by atoms with Crippen LogP contribution in [0.4, 0.5) is 0 Å². The Morgan fingerprint density at radius 1 is 1.09 bits per heavy atom. The van der Waals surface area contributed by atoms with Crippen LogP contribution >= 0.6 is 21.6 Å². The molecule has 0 aliphatic rings. The zero-order valence-corrected chi connectivity index (χ0v) is 17.2. The van der Waals surface area contributed by atoms with Crippen molar-refractivity contribution in [3.05, 3.63) is 0 Å². The molecule has 0 radical (unpaired) electrons. The van der Waals surface area contributed by atoms with E-state index in [0.717, 1.165) is 13.0 Å². The summed E-state index contributed by atoms with van der Waals surface area (Å²) >= 11 is 0. The van der Waals surface area contributed by atoms with E-state index >= 15 is 0 Å². The highest BCUT2D eigenvalue weighted by atomic mass is 33.1. The van der Waals surface area contributed by atoms with Gasteiger partial charge in [0, 0.05) is 17.0 Å². The molecule has 22 heavy (non-hydrogen) atoms. The summed E-state index contributed by atoms with van der Waals surface area (Å²) in [6.07, 6.45) is 7.43. The summed E-state index contributed by atoms with van der Waals surface area (Å²) in [6.45, 7) is 13.5. The maximum absolute atomic E-state index is 11.8. The van der Waals surface area contributed by atoms with Gasteiger partial charge < -0.3 is 11.1 Å². The van der Waals surface area contributed by atoms with E-state index in [1.807, 2.05) is 13.8 Å². The molecule has 1 atom stereocenters. The number of hydrogen-bond acceptors (Lipinski definition) is 4. The molecular weight excluding hydrogens is 312 g/mol.